The molecule has 2 heteroatoms. The molecule has 2 rings (SSSR count). The van der Waals surface area contributed by atoms with Crippen molar-refractivity contribution in [3.05, 3.63) is 29.8 Å². The first-order valence-electron chi connectivity index (χ1n) is 7.22. The zero-order valence-electron chi connectivity index (χ0n) is 11.4. The van der Waals surface area contributed by atoms with Crippen molar-refractivity contribution in [3.8, 4) is 0 Å². The van der Waals surface area contributed by atoms with E-state index in [1.165, 1.54) is 30.5 Å². The van der Waals surface area contributed by atoms with E-state index in [1.54, 1.807) is 0 Å². The largest absolute Gasteiger partial charge is 0.396 e. The summed E-state index contributed by atoms with van der Waals surface area (Å²) in [6.45, 7) is 3.38. The second-order valence-electron chi connectivity index (χ2n) is 5.62. The molecule has 0 heterocycles. The van der Waals surface area contributed by atoms with E-state index in [2.05, 4.69) is 36.5 Å². The number of anilines is 1. The third kappa shape index (κ3) is 3.26. The molecule has 0 aromatic heterocycles. The van der Waals surface area contributed by atoms with Gasteiger partial charge in [-0.2, -0.15) is 0 Å². The van der Waals surface area contributed by atoms with E-state index in [0.29, 0.717) is 6.61 Å². The Morgan fingerprint density at radius 2 is 1.78 bits per heavy atom. The summed E-state index contributed by atoms with van der Waals surface area (Å²) in [5, 5.41) is 13.2. The maximum Gasteiger partial charge on any atom is 0.0504 e. The predicted octanol–water partition coefficient (Wildman–Crippen LogP) is 3.60. The highest BCUT2D eigenvalue weighted by Gasteiger charge is 2.30. The minimum absolute atomic E-state index is 0.113. The third-order valence-electron chi connectivity index (χ3n) is 4.28. The number of benzene rings is 1. The van der Waals surface area contributed by atoms with Crippen LogP contribution < -0.4 is 5.32 Å². The zero-order valence-corrected chi connectivity index (χ0v) is 11.4. The summed E-state index contributed by atoms with van der Waals surface area (Å²) in [7, 11) is 0. The van der Waals surface area contributed by atoms with Gasteiger partial charge in [0.15, 0.2) is 0 Å². The van der Waals surface area contributed by atoms with Crippen LogP contribution in [-0.4, -0.2) is 18.3 Å². The fraction of sp³-hybridized carbons (Fsp3) is 0.625. The van der Waals surface area contributed by atoms with Gasteiger partial charge in [0.1, 0.15) is 0 Å². The van der Waals surface area contributed by atoms with Crippen molar-refractivity contribution in [1.82, 2.24) is 0 Å². The zero-order chi connectivity index (χ0) is 12.8. The Hall–Kier alpha value is -1.02. The minimum atomic E-state index is 0.113. The molecule has 0 radical (unpaired) electrons. The Bertz CT molecular complexity index is 352. The van der Waals surface area contributed by atoms with E-state index in [0.717, 1.165) is 25.8 Å². The normalized spacial score (nSPS) is 18.6. The maximum atomic E-state index is 9.66. The van der Waals surface area contributed by atoms with Gasteiger partial charge in [0.05, 0.1) is 6.61 Å². The average molecular weight is 247 g/mol. The third-order valence-corrected chi connectivity index (χ3v) is 4.28. The first-order valence-corrected chi connectivity index (χ1v) is 7.22. The molecule has 0 saturated heterocycles. The molecule has 0 spiro atoms. The first-order chi connectivity index (χ1) is 8.78. The molecule has 0 atom stereocenters. The molecule has 1 aromatic rings. The molecule has 0 aliphatic heterocycles. The van der Waals surface area contributed by atoms with E-state index in [9.17, 15) is 5.11 Å². The Kier molecular flexibility index (Phi) is 4.65. The lowest BCUT2D eigenvalue weighted by Gasteiger charge is -2.36. The second-order valence-corrected chi connectivity index (χ2v) is 5.62. The minimum Gasteiger partial charge on any atom is -0.396 e. The molecule has 0 unspecified atom stereocenters. The highest BCUT2D eigenvalue weighted by molar-refractivity contribution is 5.44. The van der Waals surface area contributed by atoms with Gasteiger partial charge < -0.3 is 10.4 Å². The Morgan fingerprint density at radius 3 is 2.33 bits per heavy atom. The summed E-state index contributed by atoms with van der Waals surface area (Å²) in [6.07, 6.45) is 7.24. The SMILES string of the molecule is CCc1ccc(NCC2(CO)CCCCC2)cc1. The predicted molar refractivity (Wildman–Crippen MR) is 76.9 cm³/mol. The summed E-state index contributed by atoms with van der Waals surface area (Å²) < 4.78 is 0. The van der Waals surface area contributed by atoms with E-state index >= 15 is 0 Å². The Labute approximate surface area is 110 Å². The van der Waals surface area contributed by atoms with E-state index in [4.69, 9.17) is 0 Å². The molecule has 1 fully saturated rings. The van der Waals surface area contributed by atoms with Crippen molar-refractivity contribution in [2.75, 3.05) is 18.5 Å². The number of hydrogen-bond donors (Lipinski definition) is 2. The molecular weight excluding hydrogens is 222 g/mol. The van der Waals surface area contributed by atoms with Gasteiger partial charge in [0, 0.05) is 17.6 Å². The monoisotopic (exact) mass is 247 g/mol. The molecule has 1 aliphatic rings. The molecule has 100 valence electrons. The number of rotatable bonds is 5. The summed E-state index contributed by atoms with van der Waals surface area (Å²) in [5.41, 5.74) is 2.66. The topological polar surface area (TPSA) is 32.3 Å². The van der Waals surface area contributed by atoms with Crippen LogP contribution in [0.25, 0.3) is 0 Å². The smallest absolute Gasteiger partial charge is 0.0504 e. The molecule has 0 bridgehead atoms. The van der Waals surface area contributed by atoms with Gasteiger partial charge in [-0.15, -0.1) is 0 Å². The molecule has 1 saturated carbocycles. The summed E-state index contributed by atoms with van der Waals surface area (Å²) >= 11 is 0. The average Bonchev–Trinajstić information content (AvgIpc) is 2.47. The second kappa shape index (κ2) is 6.24. The van der Waals surface area contributed by atoms with Gasteiger partial charge in [-0.3, -0.25) is 0 Å². The van der Waals surface area contributed by atoms with Gasteiger partial charge in [0.2, 0.25) is 0 Å². The molecule has 1 aromatic carbocycles. The molecule has 0 amide bonds. The van der Waals surface area contributed by atoms with Crippen molar-refractivity contribution in [1.29, 1.82) is 0 Å². The number of aryl methyl sites for hydroxylation is 1. The van der Waals surface area contributed by atoms with Gasteiger partial charge in [-0.05, 0) is 37.0 Å². The maximum absolute atomic E-state index is 9.66. The van der Waals surface area contributed by atoms with Crippen LogP contribution >= 0.6 is 0 Å². The van der Waals surface area contributed by atoms with Crippen LogP contribution in [0.15, 0.2) is 24.3 Å². The van der Waals surface area contributed by atoms with Gasteiger partial charge in [-0.1, -0.05) is 38.3 Å². The van der Waals surface area contributed by atoms with Crippen molar-refractivity contribution >= 4 is 5.69 Å². The Balaban J connectivity index is 1.92. The van der Waals surface area contributed by atoms with Crippen LogP contribution in [0.1, 0.15) is 44.6 Å². The van der Waals surface area contributed by atoms with Crippen LogP contribution in [-0.2, 0) is 6.42 Å². The number of hydrogen-bond acceptors (Lipinski definition) is 2. The molecule has 18 heavy (non-hydrogen) atoms. The number of nitrogens with one attached hydrogen (secondary N) is 1. The van der Waals surface area contributed by atoms with Crippen LogP contribution in [0.5, 0.6) is 0 Å². The first kappa shape index (κ1) is 13.4. The highest BCUT2D eigenvalue weighted by atomic mass is 16.3. The molecule has 1 aliphatic carbocycles. The van der Waals surface area contributed by atoms with Gasteiger partial charge in [-0.25, -0.2) is 0 Å². The quantitative estimate of drug-likeness (QED) is 0.833. The lowest BCUT2D eigenvalue weighted by Crippen LogP contribution is -2.35. The van der Waals surface area contributed by atoms with Crippen LogP contribution in [0, 0.1) is 5.41 Å². The van der Waals surface area contributed by atoms with E-state index in [-0.39, 0.29) is 5.41 Å². The van der Waals surface area contributed by atoms with Crippen molar-refractivity contribution < 1.29 is 5.11 Å². The number of aliphatic hydroxyl groups excluding tert-OH is 1. The summed E-state index contributed by atoms with van der Waals surface area (Å²) in [5.74, 6) is 0. The van der Waals surface area contributed by atoms with Crippen LogP contribution in [0.4, 0.5) is 5.69 Å². The lowest BCUT2D eigenvalue weighted by molar-refractivity contribution is 0.0944. The fourth-order valence-corrected chi connectivity index (χ4v) is 2.84. The standard InChI is InChI=1S/C16H25NO/c1-2-14-6-8-15(9-7-14)17-12-16(13-18)10-4-3-5-11-16/h6-9,17-18H,2-5,10-13H2,1H3. The summed E-state index contributed by atoms with van der Waals surface area (Å²) in [4.78, 5) is 0. The van der Waals surface area contributed by atoms with Crippen molar-refractivity contribution in [2.24, 2.45) is 5.41 Å². The fourth-order valence-electron chi connectivity index (χ4n) is 2.84. The van der Waals surface area contributed by atoms with Gasteiger partial charge >= 0.3 is 0 Å². The molecular formula is C16H25NO. The van der Waals surface area contributed by atoms with E-state index < -0.39 is 0 Å². The van der Waals surface area contributed by atoms with Crippen molar-refractivity contribution in [3.63, 3.8) is 0 Å². The number of aliphatic hydroxyl groups is 1. The lowest BCUT2D eigenvalue weighted by atomic mass is 9.74. The Morgan fingerprint density at radius 1 is 1.11 bits per heavy atom. The van der Waals surface area contributed by atoms with Crippen LogP contribution in [0.2, 0.25) is 0 Å². The van der Waals surface area contributed by atoms with Gasteiger partial charge in [0.25, 0.3) is 0 Å². The highest BCUT2D eigenvalue weighted by Crippen LogP contribution is 2.35. The van der Waals surface area contributed by atoms with Crippen LogP contribution in [0.3, 0.4) is 0 Å². The summed E-state index contributed by atoms with van der Waals surface area (Å²) in [6, 6.07) is 8.64. The van der Waals surface area contributed by atoms with E-state index in [1.807, 2.05) is 0 Å². The molecule has 2 nitrogen and oxygen atoms in total. The van der Waals surface area contributed by atoms with Crippen molar-refractivity contribution in [2.45, 2.75) is 45.4 Å². The molecule has 2 N–H and O–H groups in total.